The van der Waals surface area contributed by atoms with Gasteiger partial charge in [0.2, 0.25) is 0 Å². The molecule has 0 aliphatic carbocycles. The lowest BCUT2D eigenvalue weighted by atomic mass is 10.3. The van der Waals surface area contributed by atoms with Crippen molar-refractivity contribution in [3.63, 3.8) is 0 Å². The molecule has 0 amide bonds. The van der Waals surface area contributed by atoms with Crippen molar-refractivity contribution in [2.24, 2.45) is 0 Å². The first-order chi connectivity index (χ1) is 5.68. The lowest BCUT2D eigenvalue weighted by Gasteiger charge is -1.94. The second kappa shape index (κ2) is 2.45. The number of thiol groups is 1. The van der Waals surface area contributed by atoms with E-state index in [2.05, 4.69) is 17.8 Å². The monoisotopic (exact) mass is 186 g/mol. The van der Waals surface area contributed by atoms with Crippen LogP contribution in [0.25, 0.3) is 11.0 Å². The summed E-state index contributed by atoms with van der Waals surface area (Å²) in [5.74, 6) is -1.78. The summed E-state index contributed by atoms with van der Waals surface area (Å²) in [6.07, 6.45) is 1.38. The van der Waals surface area contributed by atoms with Gasteiger partial charge in [-0.25, -0.2) is 13.8 Å². The van der Waals surface area contributed by atoms with Gasteiger partial charge < -0.3 is 0 Å². The summed E-state index contributed by atoms with van der Waals surface area (Å²) in [6.45, 7) is 0. The molecule has 12 heavy (non-hydrogen) atoms. The lowest BCUT2D eigenvalue weighted by molar-refractivity contribution is 0.510. The third-order valence-electron chi connectivity index (χ3n) is 1.57. The van der Waals surface area contributed by atoms with Gasteiger partial charge in [0, 0.05) is 12.1 Å². The summed E-state index contributed by atoms with van der Waals surface area (Å²) >= 11 is 3.95. The normalized spacial score (nSPS) is 10.9. The molecule has 0 unspecified atom stereocenters. The van der Waals surface area contributed by atoms with Crippen LogP contribution in [0.3, 0.4) is 0 Å². The molecule has 1 heterocycles. The van der Waals surface area contributed by atoms with Gasteiger partial charge in [0.15, 0.2) is 11.6 Å². The first kappa shape index (κ1) is 7.54. The standard InChI is InChI=1S/C7H4F2N2S/c8-4-1-6-7(2-5(4)9)11(12)3-10-6/h1-3,12H. The molecule has 0 saturated carbocycles. The van der Waals surface area contributed by atoms with E-state index >= 15 is 0 Å². The molecule has 1 aromatic carbocycles. The van der Waals surface area contributed by atoms with Crippen molar-refractivity contribution in [2.75, 3.05) is 0 Å². The van der Waals surface area contributed by atoms with E-state index in [9.17, 15) is 8.78 Å². The Labute approximate surface area is 72.4 Å². The van der Waals surface area contributed by atoms with E-state index in [0.717, 1.165) is 12.1 Å². The first-order valence-corrected chi connectivity index (χ1v) is 3.60. The molecule has 2 nitrogen and oxygen atoms in total. The van der Waals surface area contributed by atoms with Gasteiger partial charge in [-0.2, -0.15) is 0 Å². The first-order valence-electron chi connectivity index (χ1n) is 3.20. The van der Waals surface area contributed by atoms with Crippen LogP contribution >= 0.6 is 12.8 Å². The number of hydrogen-bond acceptors (Lipinski definition) is 2. The Morgan fingerprint density at radius 1 is 1.25 bits per heavy atom. The summed E-state index contributed by atoms with van der Waals surface area (Å²) in [4.78, 5) is 3.80. The molecular formula is C7H4F2N2S. The fourth-order valence-corrected chi connectivity index (χ4v) is 1.20. The minimum absolute atomic E-state index is 0.393. The molecule has 0 saturated heterocycles. The fourth-order valence-electron chi connectivity index (χ4n) is 0.992. The van der Waals surface area contributed by atoms with Crippen molar-refractivity contribution in [1.82, 2.24) is 8.96 Å². The molecule has 2 rings (SSSR count). The van der Waals surface area contributed by atoms with Crippen molar-refractivity contribution in [2.45, 2.75) is 0 Å². The number of nitrogens with zero attached hydrogens (tertiary/aromatic N) is 2. The molecule has 5 heteroatoms. The smallest absolute Gasteiger partial charge is 0.161 e. The molecule has 0 fully saturated rings. The van der Waals surface area contributed by atoms with Gasteiger partial charge in [-0.1, -0.05) is 12.8 Å². The van der Waals surface area contributed by atoms with E-state index < -0.39 is 11.6 Å². The summed E-state index contributed by atoms with van der Waals surface area (Å²) in [7, 11) is 0. The predicted octanol–water partition coefficient (Wildman–Crippen LogP) is 2.01. The Morgan fingerprint density at radius 2 is 1.92 bits per heavy atom. The van der Waals surface area contributed by atoms with Gasteiger partial charge in [0.05, 0.1) is 11.0 Å². The fraction of sp³-hybridized carbons (Fsp3) is 0. The highest BCUT2D eigenvalue weighted by Gasteiger charge is 2.06. The van der Waals surface area contributed by atoms with Crippen molar-refractivity contribution in [1.29, 1.82) is 0 Å². The van der Waals surface area contributed by atoms with Crippen LogP contribution in [0.5, 0.6) is 0 Å². The zero-order valence-electron chi connectivity index (χ0n) is 5.83. The van der Waals surface area contributed by atoms with Crippen molar-refractivity contribution < 1.29 is 8.78 Å². The number of hydrogen-bond donors (Lipinski definition) is 1. The summed E-state index contributed by atoms with van der Waals surface area (Å²) in [5, 5.41) is 0. The highest BCUT2D eigenvalue weighted by molar-refractivity contribution is 7.78. The second-order valence-electron chi connectivity index (χ2n) is 2.34. The molecule has 62 valence electrons. The van der Waals surface area contributed by atoms with Crippen LogP contribution in [0.2, 0.25) is 0 Å². The van der Waals surface area contributed by atoms with Crippen molar-refractivity contribution in [3.05, 3.63) is 30.1 Å². The second-order valence-corrected chi connectivity index (χ2v) is 2.78. The average Bonchev–Trinajstić information content (AvgIpc) is 2.35. The molecule has 2 aromatic rings. The maximum Gasteiger partial charge on any atom is 0.161 e. The van der Waals surface area contributed by atoms with Crippen LogP contribution in [-0.2, 0) is 0 Å². The Balaban J connectivity index is 2.87. The number of rotatable bonds is 0. The van der Waals surface area contributed by atoms with Crippen LogP contribution in [0.1, 0.15) is 0 Å². The topological polar surface area (TPSA) is 17.8 Å². The minimum atomic E-state index is -0.894. The number of imidazole rings is 1. The van der Waals surface area contributed by atoms with Crippen LogP contribution < -0.4 is 0 Å². The lowest BCUT2D eigenvalue weighted by Crippen LogP contribution is -1.84. The Morgan fingerprint density at radius 3 is 2.67 bits per heavy atom. The van der Waals surface area contributed by atoms with Crippen molar-refractivity contribution >= 4 is 23.8 Å². The minimum Gasteiger partial charge on any atom is -0.275 e. The average molecular weight is 186 g/mol. The summed E-state index contributed by atoms with van der Waals surface area (Å²) in [6, 6.07) is 2.10. The highest BCUT2D eigenvalue weighted by Crippen LogP contribution is 2.17. The maximum atomic E-state index is 12.7. The van der Waals surface area contributed by atoms with Crippen molar-refractivity contribution in [3.8, 4) is 0 Å². The summed E-state index contributed by atoms with van der Waals surface area (Å²) in [5.41, 5.74) is 0.848. The van der Waals surface area contributed by atoms with E-state index in [4.69, 9.17) is 0 Å². The van der Waals surface area contributed by atoms with E-state index in [0.29, 0.717) is 11.0 Å². The zero-order chi connectivity index (χ0) is 8.72. The van der Waals surface area contributed by atoms with Crippen LogP contribution in [-0.4, -0.2) is 8.96 Å². The van der Waals surface area contributed by atoms with Gasteiger partial charge in [-0.15, -0.1) is 0 Å². The number of fused-ring (bicyclic) bond motifs is 1. The van der Waals surface area contributed by atoms with Crippen LogP contribution in [0.4, 0.5) is 8.78 Å². The maximum absolute atomic E-state index is 12.7. The predicted molar refractivity (Wildman–Crippen MR) is 44.0 cm³/mol. The Kier molecular flexibility index (Phi) is 1.54. The zero-order valence-corrected chi connectivity index (χ0v) is 6.72. The SMILES string of the molecule is Fc1cc2ncn(S)c2cc1F. The van der Waals surface area contributed by atoms with Crippen LogP contribution in [0.15, 0.2) is 18.5 Å². The molecule has 0 aliphatic rings. The molecule has 0 spiro atoms. The third kappa shape index (κ3) is 0.972. The van der Waals surface area contributed by atoms with Crippen LogP contribution in [0, 0.1) is 11.6 Å². The number of halogens is 2. The molecular weight excluding hydrogens is 182 g/mol. The van der Waals surface area contributed by atoms with E-state index in [1.165, 1.54) is 10.3 Å². The van der Waals surface area contributed by atoms with Gasteiger partial charge in [-0.3, -0.25) is 3.97 Å². The summed E-state index contributed by atoms with van der Waals surface area (Å²) < 4.78 is 26.6. The van der Waals surface area contributed by atoms with Gasteiger partial charge in [0.1, 0.15) is 6.33 Å². The van der Waals surface area contributed by atoms with Gasteiger partial charge in [-0.05, 0) is 0 Å². The highest BCUT2D eigenvalue weighted by atomic mass is 32.1. The Bertz CT molecular complexity index is 438. The number of benzene rings is 1. The molecule has 0 bridgehead atoms. The third-order valence-corrected chi connectivity index (χ3v) is 1.89. The number of aromatic nitrogens is 2. The molecule has 0 atom stereocenters. The molecule has 0 aliphatic heterocycles. The van der Waals surface area contributed by atoms with E-state index in [1.54, 1.807) is 0 Å². The van der Waals surface area contributed by atoms with E-state index in [1.807, 2.05) is 0 Å². The van der Waals surface area contributed by atoms with Gasteiger partial charge >= 0.3 is 0 Å². The molecule has 0 radical (unpaired) electrons. The largest absolute Gasteiger partial charge is 0.275 e. The quantitative estimate of drug-likeness (QED) is 0.623. The molecule has 0 N–H and O–H groups in total. The Hall–Kier alpha value is -1.10. The van der Waals surface area contributed by atoms with E-state index in [-0.39, 0.29) is 0 Å². The molecule has 1 aromatic heterocycles. The van der Waals surface area contributed by atoms with Gasteiger partial charge in [0.25, 0.3) is 0 Å².